The maximum atomic E-state index is 9.48. The molecule has 20 heavy (non-hydrogen) atoms. The lowest BCUT2D eigenvalue weighted by Gasteiger charge is -2.12. The highest BCUT2D eigenvalue weighted by atomic mass is 16.4. The first-order chi connectivity index (χ1) is 9.60. The molecule has 0 bridgehead atoms. The number of allylic oxidation sites excluding steroid dienone is 1. The van der Waals surface area contributed by atoms with Gasteiger partial charge in [-0.05, 0) is 31.9 Å². The number of nitrogens with zero attached hydrogens (tertiary/aromatic N) is 3. The van der Waals surface area contributed by atoms with Gasteiger partial charge in [0, 0.05) is 5.69 Å². The lowest BCUT2D eigenvalue weighted by molar-refractivity contribution is 0.508. The number of aryl methyl sites for hydroxylation is 1. The molecule has 100 valence electrons. The molecule has 0 saturated carbocycles. The highest BCUT2D eigenvalue weighted by Crippen LogP contribution is 2.24. The van der Waals surface area contributed by atoms with Gasteiger partial charge in [-0.3, -0.25) is 0 Å². The fourth-order valence-electron chi connectivity index (χ4n) is 2.05. The van der Waals surface area contributed by atoms with Crippen LogP contribution in [0.5, 0.6) is 0 Å². The van der Waals surface area contributed by atoms with Gasteiger partial charge in [-0.2, -0.15) is 10.4 Å². The average Bonchev–Trinajstić information content (AvgIpc) is 2.73. The van der Waals surface area contributed by atoms with Crippen LogP contribution < -0.4 is 0 Å². The molecule has 1 aromatic carbocycles. The summed E-state index contributed by atoms with van der Waals surface area (Å²) in [5.41, 5.74) is 4.30. The van der Waals surface area contributed by atoms with Crippen molar-refractivity contribution in [3.8, 4) is 6.07 Å². The van der Waals surface area contributed by atoms with E-state index in [1.165, 1.54) is 0 Å². The summed E-state index contributed by atoms with van der Waals surface area (Å²) in [4.78, 5) is 0. The molecule has 1 aromatic heterocycles. The Bertz CT molecular complexity index is 696. The van der Waals surface area contributed by atoms with Crippen LogP contribution in [-0.4, -0.2) is 17.8 Å². The fraction of sp³-hybridized carbons (Fsp3) is 0.200. The number of nitriles is 1. The monoisotopic (exact) mass is 265 g/mol. The normalized spacial score (nSPS) is 11.7. The smallest absolute Gasteiger partial charge is 0.324 e. The van der Waals surface area contributed by atoms with Crippen LogP contribution in [0.3, 0.4) is 0 Å². The highest BCUT2D eigenvalue weighted by molar-refractivity contribution is 6.04. The first kappa shape index (κ1) is 13.9. The van der Waals surface area contributed by atoms with E-state index in [2.05, 4.69) is 11.2 Å². The van der Waals surface area contributed by atoms with E-state index < -0.39 is 0 Å². The van der Waals surface area contributed by atoms with Crippen LogP contribution in [0.4, 0.5) is 0 Å². The van der Waals surface area contributed by atoms with Gasteiger partial charge in [0.25, 0.3) is 0 Å². The van der Waals surface area contributed by atoms with Crippen molar-refractivity contribution in [2.75, 3.05) is 0 Å². The zero-order valence-corrected chi connectivity index (χ0v) is 12.1. The first-order valence-corrected chi connectivity index (χ1v) is 6.37. The Morgan fingerprint density at radius 1 is 1.25 bits per heavy atom. The summed E-state index contributed by atoms with van der Waals surface area (Å²) < 4.78 is 7.14. The third-order valence-corrected chi connectivity index (χ3v) is 3.43. The molecule has 1 heterocycles. The standard InChI is InChI=1S/C15H16BN3O/c1-10-11(2)18-19(12(10)3)15(20-16)14(9-17)13-7-5-4-6-8-13/h4-8H,16H2,1-3H3. The summed E-state index contributed by atoms with van der Waals surface area (Å²) >= 11 is 0. The summed E-state index contributed by atoms with van der Waals surface area (Å²) in [6, 6.07) is 11.7. The molecular formula is C15H16BN3O. The minimum absolute atomic E-state index is 0.451. The Kier molecular flexibility index (Phi) is 3.95. The summed E-state index contributed by atoms with van der Waals surface area (Å²) in [6.07, 6.45) is 0. The van der Waals surface area contributed by atoms with Gasteiger partial charge in [0.2, 0.25) is 5.88 Å². The van der Waals surface area contributed by atoms with Crippen molar-refractivity contribution in [3.63, 3.8) is 0 Å². The molecular weight excluding hydrogens is 249 g/mol. The first-order valence-electron chi connectivity index (χ1n) is 6.37. The average molecular weight is 265 g/mol. The molecule has 5 heteroatoms. The van der Waals surface area contributed by atoms with Crippen molar-refractivity contribution in [2.24, 2.45) is 0 Å². The van der Waals surface area contributed by atoms with Gasteiger partial charge < -0.3 is 4.65 Å². The molecule has 0 aliphatic carbocycles. The molecule has 0 atom stereocenters. The lowest BCUT2D eigenvalue weighted by atomic mass is 10.1. The second-order valence-corrected chi connectivity index (χ2v) is 4.57. The van der Waals surface area contributed by atoms with Crippen LogP contribution in [-0.2, 0) is 4.65 Å². The summed E-state index contributed by atoms with van der Waals surface area (Å²) in [5, 5.41) is 13.9. The number of hydrogen-bond donors (Lipinski definition) is 0. The molecule has 0 fully saturated rings. The zero-order chi connectivity index (χ0) is 14.7. The van der Waals surface area contributed by atoms with E-state index in [-0.39, 0.29) is 0 Å². The van der Waals surface area contributed by atoms with E-state index in [1.807, 2.05) is 51.1 Å². The van der Waals surface area contributed by atoms with Crippen LogP contribution in [0.15, 0.2) is 30.3 Å². The third kappa shape index (κ3) is 2.33. The molecule has 0 saturated heterocycles. The molecule has 0 amide bonds. The Labute approximate surface area is 119 Å². The molecule has 2 aromatic rings. The van der Waals surface area contributed by atoms with Crippen molar-refractivity contribution in [3.05, 3.63) is 52.8 Å². The van der Waals surface area contributed by atoms with Gasteiger partial charge in [0.1, 0.15) is 11.6 Å². The number of rotatable bonds is 3. The van der Waals surface area contributed by atoms with E-state index in [0.29, 0.717) is 11.5 Å². The SMILES string of the molecule is BOC(=C(C#N)c1ccccc1)n1nc(C)c(C)c1C. The van der Waals surface area contributed by atoms with Gasteiger partial charge in [-0.15, -0.1) is 0 Å². The predicted octanol–water partition coefficient (Wildman–Crippen LogP) is 2.22. The van der Waals surface area contributed by atoms with Crippen LogP contribution in [0, 0.1) is 32.1 Å². The van der Waals surface area contributed by atoms with E-state index in [4.69, 9.17) is 4.65 Å². The number of aromatic nitrogens is 2. The second kappa shape index (κ2) is 5.66. The van der Waals surface area contributed by atoms with Crippen molar-refractivity contribution in [1.29, 1.82) is 5.26 Å². The quantitative estimate of drug-likeness (QED) is 0.485. The molecule has 0 N–H and O–H groups in total. The van der Waals surface area contributed by atoms with Crippen molar-refractivity contribution < 1.29 is 4.65 Å². The van der Waals surface area contributed by atoms with Crippen molar-refractivity contribution >= 4 is 19.5 Å². The maximum absolute atomic E-state index is 9.48. The Balaban J connectivity index is 2.68. The van der Waals surface area contributed by atoms with E-state index in [9.17, 15) is 5.26 Å². The molecule has 0 aliphatic heterocycles. The Morgan fingerprint density at radius 3 is 2.35 bits per heavy atom. The molecule has 0 spiro atoms. The molecule has 0 aliphatic rings. The predicted molar refractivity (Wildman–Crippen MR) is 81.2 cm³/mol. The minimum atomic E-state index is 0.451. The van der Waals surface area contributed by atoms with Gasteiger partial charge >= 0.3 is 8.05 Å². The third-order valence-electron chi connectivity index (χ3n) is 3.43. The minimum Gasteiger partial charge on any atom is -0.554 e. The largest absolute Gasteiger partial charge is 0.554 e. The molecule has 0 unspecified atom stereocenters. The van der Waals surface area contributed by atoms with Crippen molar-refractivity contribution in [2.45, 2.75) is 20.8 Å². The van der Waals surface area contributed by atoms with E-state index in [1.54, 1.807) is 12.7 Å². The van der Waals surface area contributed by atoms with E-state index >= 15 is 0 Å². The second-order valence-electron chi connectivity index (χ2n) is 4.57. The van der Waals surface area contributed by atoms with Gasteiger partial charge in [0.15, 0.2) is 0 Å². The summed E-state index contributed by atoms with van der Waals surface area (Å²) in [5.74, 6) is 0.451. The Morgan fingerprint density at radius 2 is 1.90 bits per heavy atom. The highest BCUT2D eigenvalue weighted by Gasteiger charge is 2.16. The molecule has 2 rings (SSSR count). The van der Waals surface area contributed by atoms with Crippen LogP contribution in [0.2, 0.25) is 0 Å². The van der Waals surface area contributed by atoms with Crippen LogP contribution in [0.1, 0.15) is 22.5 Å². The van der Waals surface area contributed by atoms with Crippen LogP contribution >= 0.6 is 0 Å². The maximum Gasteiger partial charge on any atom is 0.324 e. The topological polar surface area (TPSA) is 50.8 Å². The van der Waals surface area contributed by atoms with Gasteiger partial charge in [-0.1, -0.05) is 30.3 Å². The lowest BCUT2D eigenvalue weighted by Crippen LogP contribution is -2.07. The number of benzene rings is 1. The van der Waals surface area contributed by atoms with E-state index in [0.717, 1.165) is 22.5 Å². The molecule has 4 nitrogen and oxygen atoms in total. The molecule has 0 radical (unpaired) electrons. The fourth-order valence-corrected chi connectivity index (χ4v) is 2.05. The Hall–Kier alpha value is -2.48. The van der Waals surface area contributed by atoms with Gasteiger partial charge in [-0.25, -0.2) is 4.68 Å². The summed E-state index contributed by atoms with van der Waals surface area (Å²) in [7, 11) is 1.56. The zero-order valence-electron chi connectivity index (χ0n) is 12.1. The summed E-state index contributed by atoms with van der Waals surface area (Å²) in [6.45, 7) is 5.92. The van der Waals surface area contributed by atoms with Crippen molar-refractivity contribution in [1.82, 2.24) is 9.78 Å². The van der Waals surface area contributed by atoms with Crippen LogP contribution in [0.25, 0.3) is 11.5 Å². The number of hydrogen-bond acceptors (Lipinski definition) is 3. The van der Waals surface area contributed by atoms with Gasteiger partial charge in [0.05, 0.1) is 5.69 Å².